The molecule has 3 N–H and O–H groups in total. The Bertz CT molecular complexity index is 521. The zero-order valence-electron chi connectivity index (χ0n) is 18.0. The van der Waals surface area contributed by atoms with Gasteiger partial charge in [0.15, 0.2) is 0 Å². The van der Waals surface area contributed by atoms with Gasteiger partial charge in [0.05, 0.1) is 13.2 Å². The van der Waals surface area contributed by atoms with Crippen LogP contribution in [-0.2, 0) is 14.3 Å². The van der Waals surface area contributed by atoms with Crippen molar-refractivity contribution in [3.05, 3.63) is 0 Å². The van der Waals surface area contributed by atoms with Crippen molar-refractivity contribution in [2.45, 2.75) is 96.2 Å². The second kappa shape index (κ2) is 12.0. The van der Waals surface area contributed by atoms with Gasteiger partial charge in [0.1, 0.15) is 5.78 Å². The lowest BCUT2D eigenvalue weighted by Gasteiger charge is -2.23. The van der Waals surface area contributed by atoms with Gasteiger partial charge in [-0.15, -0.1) is 0 Å². The van der Waals surface area contributed by atoms with Crippen LogP contribution < -0.4 is 0 Å². The highest BCUT2D eigenvalue weighted by Crippen LogP contribution is 2.45. The Morgan fingerprint density at radius 1 is 1.07 bits per heavy atom. The maximum atomic E-state index is 12.3. The number of ketones is 1. The summed E-state index contributed by atoms with van der Waals surface area (Å²) in [6, 6.07) is 0. The van der Waals surface area contributed by atoms with Gasteiger partial charge in [0, 0.05) is 18.8 Å². The van der Waals surface area contributed by atoms with Crippen LogP contribution in [0.15, 0.2) is 0 Å². The van der Waals surface area contributed by atoms with Crippen LogP contribution in [0.1, 0.15) is 90.4 Å². The second-order valence-electron chi connectivity index (χ2n) is 9.08. The molecule has 0 bridgehead atoms. The minimum Gasteiger partial charge on any atom is -0.477 e. The van der Waals surface area contributed by atoms with Gasteiger partial charge in [0.25, 0.3) is 5.79 Å². The molecule has 5 atom stereocenters. The van der Waals surface area contributed by atoms with E-state index in [4.69, 9.17) is 14.9 Å². The van der Waals surface area contributed by atoms with E-state index in [0.717, 1.165) is 43.9 Å². The highest BCUT2D eigenvalue weighted by molar-refractivity contribution is 5.83. The van der Waals surface area contributed by atoms with Crippen molar-refractivity contribution < 1.29 is 29.6 Å². The molecule has 0 spiro atoms. The molecule has 0 amide bonds. The Hall–Kier alpha value is -0.980. The molecule has 0 saturated heterocycles. The lowest BCUT2D eigenvalue weighted by Crippen LogP contribution is -2.42. The van der Waals surface area contributed by atoms with E-state index >= 15 is 0 Å². The monoisotopic (exact) mass is 412 g/mol. The summed E-state index contributed by atoms with van der Waals surface area (Å²) in [5, 5.41) is 27.9. The van der Waals surface area contributed by atoms with Crippen molar-refractivity contribution in [2.75, 3.05) is 13.2 Å². The van der Waals surface area contributed by atoms with Crippen molar-refractivity contribution in [1.82, 2.24) is 0 Å². The van der Waals surface area contributed by atoms with Crippen molar-refractivity contribution in [2.24, 2.45) is 23.7 Å². The van der Waals surface area contributed by atoms with Crippen LogP contribution in [0.2, 0.25) is 0 Å². The van der Waals surface area contributed by atoms with Gasteiger partial charge in [-0.1, -0.05) is 45.4 Å². The lowest BCUT2D eigenvalue weighted by molar-refractivity contribution is -0.228. The number of ether oxygens (including phenoxy) is 1. The minimum atomic E-state index is -2.23. The fourth-order valence-electron chi connectivity index (χ4n) is 5.06. The second-order valence-corrected chi connectivity index (χ2v) is 9.08. The minimum absolute atomic E-state index is 0.00963. The maximum Gasteiger partial charge on any atom is 0.364 e. The van der Waals surface area contributed by atoms with E-state index in [-0.39, 0.29) is 25.6 Å². The number of Topliss-reactive ketones (excluding diaryl/α,β-unsaturated/α-hetero) is 1. The molecule has 0 aromatic carbocycles. The standard InChI is InChI=1S/C23H40O6/c1-2-17-16-19(17)9-6-5-8-18-11-12-21(25)20(18)10-4-3-7-13-23(28,22(26)27)29-15-14-24/h17-20,24,28H,2-16H2,1H3,(H,26,27)/t17-,18-,19+,20+,23?/m0/s1. The highest BCUT2D eigenvalue weighted by atomic mass is 16.6. The number of hydrogen-bond acceptors (Lipinski definition) is 5. The molecule has 6 nitrogen and oxygen atoms in total. The van der Waals surface area contributed by atoms with Gasteiger partial charge in [-0.2, -0.15) is 0 Å². The first kappa shape index (κ1) is 24.3. The fraction of sp³-hybridized carbons (Fsp3) is 0.913. The van der Waals surface area contributed by atoms with Crippen LogP contribution in [0.25, 0.3) is 0 Å². The van der Waals surface area contributed by atoms with Crippen LogP contribution in [0.3, 0.4) is 0 Å². The number of hydrogen-bond donors (Lipinski definition) is 3. The smallest absolute Gasteiger partial charge is 0.364 e. The summed E-state index contributed by atoms with van der Waals surface area (Å²) < 4.78 is 4.90. The van der Waals surface area contributed by atoms with E-state index in [9.17, 15) is 14.7 Å². The van der Waals surface area contributed by atoms with E-state index in [1.807, 2.05) is 0 Å². The third-order valence-corrected chi connectivity index (χ3v) is 7.03. The van der Waals surface area contributed by atoms with Crippen LogP contribution >= 0.6 is 0 Å². The Morgan fingerprint density at radius 2 is 1.76 bits per heavy atom. The molecule has 168 valence electrons. The molecule has 2 aliphatic rings. The van der Waals surface area contributed by atoms with Crippen molar-refractivity contribution in [3.63, 3.8) is 0 Å². The summed E-state index contributed by atoms with van der Waals surface area (Å²) in [6.07, 6.45) is 12.5. The van der Waals surface area contributed by atoms with Gasteiger partial charge >= 0.3 is 5.97 Å². The summed E-state index contributed by atoms with van der Waals surface area (Å²) in [6.45, 7) is 1.74. The molecule has 0 radical (unpaired) electrons. The number of carboxylic acids is 1. The topological polar surface area (TPSA) is 104 Å². The molecule has 2 fully saturated rings. The van der Waals surface area contributed by atoms with Crippen molar-refractivity contribution >= 4 is 11.8 Å². The summed E-state index contributed by atoms with van der Waals surface area (Å²) in [5.41, 5.74) is 0. The Balaban J connectivity index is 1.62. The molecule has 2 aliphatic carbocycles. The summed E-state index contributed by atoms with van der Waals surface area (Å²) in [7, 11) is 0. The van der Waals surface area contributed by atoms with E-state index in [1.54, 1.807) is 0 Å². The molecule has 0 aromatic heterocycles. The van der Waals surface area contributed by atoms with Gasteiger partial charge in [0.2, 0.25) is 0 Å². The van der Waals surface area contributed by atoms with Crippen molar-refractivity contribution in [1.29, 1.82) is 0 Å². The number of aliphatic hydroxyl groups is 2. The predicted molar refractivity (Wildman–Crippen MR) is 110 cm³/mol. The summed E-state index contributed by atoms with van der Waals surface area (Å²) in [4.78, 5) is 23.5. The number of carboxylic acid groups (broad SMARTS) is 1. The number of aliphatic carboxylic acids is 1. The molecular formula is C23H40O6. The van der Waals surface area contributed by atoms with Gasteiger partial charge in [-0.05, 0) is 49.9 Å². The average molecular weight is 413 g/mol. The van der Waals surface area contributed by atoms with Gasteiger partial charge in [-0.3, -0.25) is 4.79 Å². The Kier molecular flexibility index (Phi) is 10.1. The summed E-state index contributed by atoms with van der Waals surface area (Å²) in [5.74, 6) is -0.622. The Morgan fingerprint density at radius 3 is 2.38 bits per heavy atom. The largest absolute Gasteiger partial charge is 0.477 e. The van der Waals surface area contributed by atoms with Crippen LogP contribution in [0.5, 0.6) is 0 Å². The van der Waals surface area contributed by atoms with Gasteiger partial charge in [-0.25, -0.2) is 4.79 Å². The van der Waals surface area contributed by atoms with E-state index in [1.165, 1.54) is 32.1 Å². The summed E-state index contributed by atoms with van der Waals surface area (Å²) >= 11 is 0. The molecule has 1 unspecified atom stereocenters. The molecule has 2 saturated carbocycles. The normalized spacial score (nSPS) is 28.4. The lowest BCUT2D eigenvalue weighted by atomic mass is 9.86. The number of aliphatic hydroxyl groups excluding tert-OH is 1. The zero-order chi connectivity index (χ0) is 21.3. The average Bonchev–Trinajstić information content (AvgIpc) is 3.38. The first-order chi connectivity index (χ1) is 13.9. The maximum absolute atomic E-state index is 12.3. The molecule has 0 heterocycles. The third-order valence-electron chi connectivity index (χ3n) is 7.03. The molecule has 29 heavy (non-hydrogen) atoms. The first-order valence-electron chi connectivity index (χ1n) is 11.6. The molecule has 0 aromatic rings. The van der Waals surface area contributed by atoms with Crippen LogP contribution in [0, 0.1) is 23.7 Å². The predicted octanol–water partition coefficient (Wildman–Crippen LogP) is 3.92. The van der Waals surface area contributed by atoms with E-state index in [2.05, 4.69) is 6.92 Å². The quantitative estimate of drug-likeness (QED) is 0.262. The van der Waals surface area contributed by atoms with E-state index < -0.39 is 11.8 Å². The number of rotatable bonds is 16. The van der Waals surface area contributed by atoms with Crippen LogP contribution in [-0.4, -0.2) is 46.1 Å². The molecule has 2 rings (SSSR count). The molecule has 6 heteroatoms. The van der Waals surface area contributed by atoms with Crippen molar-refractivity contribution in [3.8, 4) is 0 Å². The molecule has 0 aliphatic heterocycles. The highest BCUT2D eigenvalue weighted by Gasteiger charge is 2.37. The number of carbonyl (C=O) groups excluding carboxylic acids is 1. The first-order valence-corrected chi connectivity index (χ1v) is 11.6. The van der Waals surface area contributed by atoms with E-state index in [0.29, 0.717) is 24.5 Å². The van der Waals surface area contributed by atoms with Gasteiger partial charge < -0.3 is 20.1 Å². The number of unbranched alkanes of at least 4 members (excludes halogenated alkanes) is 3. The number of carbonyl (C=O) groups is 2. The molecular weight excluding hydrogens is 372 g/mol. The zero-order valence-corrected chi connectivity index (χ0v) is 18.0. The fourth-order valence-corrected chi connectivity index (χ4v) is 5.06. The van der Waals surface area contributed by atoms with Crippen LogP contribution in [0.4, 0.5) is 0 Å². The third kappa shape index (κ3) is 7.65. The Labute approximate surface area is 175 Å². The SMILES string of the molecule is CC[C@H]1C[C@H]1CCCC[C@H]1CCC(=O)[C@@H]1CCCCCC(O)(OCCO)C(=O)O.